The van der Waals surface area contributed by atoms with Crippen molar-refractivity contribution in [1.29, 1.82) is 0 Å². The van der Waals surface area contributed by atoms with Gasteiger partial charge in [-0.15, -0.1) is 0 Å². The largest absolute Gasteiger partial charge is 0.481 e. The molecule has 0 heterocycles. The highest BCUT2D eigenvalue weighted by Crippen LogP contribution is 2.23. The lowest BCUT2D eigenvalue weighted by molar-refractivity contribution is -0.137. The molecule has 0 saturated heterocycles. The molecule has 112 valence electrons. The van der Waals surface area contributed by atoms with Gasteiger partial charge in [0, 0.05) is 6.42 Å². The van der Waals surface area contributed by atoms with Crippen LogP contribution in [0.25, 0.3) is 16.8 Å². The van der Waals surface area contributed by atoms with Crippen LogP contribution in [0.3, 0.4) is 0 Å². The van der Waals surface area contributed by atoms with Crippen molar-refractivity contribution in [2.45, 2.75) is 40.0 Å². The number of carboxylic acids is 1. The van der Waals surface area contributed by atoms with Crippen LogP contribution < -0.4 is 0 Å². The van der Waals surface area contributed by atoms with Crippen molar-refractivity contribution in [2.75, 3.05) is 0 Å². The summed E-state index contributed by atoms with van der Waals surface area (Å²) in [5.41, 5.74) is 2.47. The number of aryl methyl sites for hydroxylation is 1. The number of rotatable bonds is 5. The van der Waals surface area contributed by atoms with Crippen LogP contribution in [0, 0.1) is 6.92 Å². The molecule has 0 aliphatic rings. The van der Waals surface area contributed by atoms with Gasteiger partial charge in [-0.3, -0.25) is 4.79 Å². The van der Waals surface area contributed by atoms with Gasteiger partial charge >= 0.3 is 5.97 Å². The maximum atomic E-state index is 10.4. The van der Waals surface area contributed by atoms with Crippen LogP contribution in [0.1, 0.15) is 44.2 Å². The summed E-state index contributed by atoms with van der Waals surface area (Å²) in [6.45, 7) is 6.12. The fourth-order valence-electron chi connectivity index (χ4n) is 2.28. The predicted molar refractivity (Wildman–Crippen MR) is 90.6 cm³/mol. The van der Waals surface area contributed by atoms with E-state index in [1.807, 2.05) is 13.8 Å². The lowest BCUT2D eigenvalue weighted by atomic mass is 9.99. The monoisotopic (exact) mass is 284 g/mol. The van der Waals surface area contributed by atoms with Gasteiger partial charge in [-0.05, 0) is 41.7 Å². The fourth-order valence-corrected chi connectivity index (χ4v) is 2.28. The Hall–Kier alpha value is -2.09. The van der Waals surface area contributed by atoms with E-state index < -0.39 is 5.97 Å². The molecule has 21 heavy (non-hydrogen) atoms. The number of fused-ring (bicyclic) bond motifs is 1. The molecule has 0 saturated carbocycles. The molecule has 0 radical (unpaired) electrons. The predicted octanol–water partition coefficient (Wildman–Crippen LogP) is 5.44. The SMILES string of the molecule is CC.Cc1cccc2cccc(/C=C/CCCC(=O)O)c12. The summed E-state index contributed by atoms with van der Waals surface area (Å²) in [5, 5.41) is 11.1. The third-order valence-corrected chi connectivity index (χ3v) is 3.20. The number of aliphatic carboxylic acids is 1. The molecular weight excluding hydrogens is 260 g/mol. The Morgan fingerprint density at radius 2 is 1.81 bits per heavy atom. The molecular formula is C19H24O2. The molecule has 2 aromatic carbocycles. The molecule has 0 bridgehead atoms. The topological polar surface area (TPSA) is 37.3 Å². The van der Waals surface area contributed by atoms with E-state index in [0.717, 1.165) is 6.42 Å². The minimum Gasteiger partial charge on any atom is -0.481 e. The van der Waals surface area contributed by atoms with E-state index in [9.17, 15) is 4.79 Å². The number of hydrogen-bond donors (Lipinski definition) is 1. The molecule has 0 spiro atoms. The third-order valence-electron chi connectivity index (χ3n) is 3.20. The van der Waals surface area contributed by atoms with Crippen molar-refractivity contribution in [3.8, 4) is 0 Å². The van der Waals surface area contributed by atoms with Gasteiger partial charge in [-0.1, -0.05) is 62.4 Å². The lowest BCUT2D eigenvalue weighted by Crippen LogP contribution is -1.92. The fraction of sp³-hybridized carbons (Fsp3) is 0.316. The molecule has 0 atom stereocenters. The van der Waals surface area contributed by atoms with E-state index in [0.29, 0.717) is 6.42 Å². The zero-order chi connectivity index (χ0) is 15.7. The maximum absolute atomic E-state index is 10.4. The lowest BCUT2D eigenvalue weighted by Gasteiger charge is -2.05. The second kappa shape index (κ2) is 8.96. The Morgan fingerprint density at radius 1 is 1.14 bits per heavy atom. The van der Waals surface area contributed by atoms with Crippen LogP contribution in [0.15, 0.2) is 42.5 Å². The molecule has 2 aromatic rings. The molecule has 1 N–H and O–H groups in total. The van der Waals surface area contributed by atoms with Crippen LogP contribution in [0.4, 0.5) is 0 Å². The van der Waals surface area contributed by atoms with E-state index in [4.69, 9.17) is 5.11 Å². The van der Waals surface area contributed by atoms with Crippen molar-refractivity contribution in [3.63, 3.8) is 0 Å². The summed E-state index contributed by atoms with van der Waals surface area (Å²) < 4.78 is 0. The number of benzene rings is 2. The summed E-state index contributed by atoms with van der Waals surface area (Å²) in [6, 6.07) is 12.6. The maximum Gasteiger partial charge on any atom is 0.303 e. The van der Waals surface area contributed by atoms with E-state index in [1.165, 1.54) is 21.9 Å². The van der Waals surface area contributed by atoms with Gasteiger partial charge in [0.15, 0.2) is 0 Å². The summed E-state index contributed by atoms with van der Waals surface area (Å²) in [5.74, 6) is -0.727. The van der Waals surface area contributed by atoms with Gasteiger partial charge in [-0.2, -0.15) is 0 Å². The first-order chi connectivity index (χ1) is 10.2. The first-order valence-electron chi connectivity index (χ1n) is 7.55. The molecule has 0 fully saturated rings. The molecule has 0 aliphatic heterocycles. The van der Waals surface area contributed by atoms with Gasteiger partial charge < -0.3 is 5.11 Å². The van der Waals surface area contributed by atoms with Crippen molar-refractivity contribution < 1.29 is 9.90 Å². The molecule has 2 rings (SSSR count). The Balaban J connectivity index is 0.00000106. The van der Waals surface area contributed by atoms with Crippen molar-refractivity contribution >= 4 is 22.8 Å². The number of allylic oxidation sites excluding steroid dienone is 1. The van der Waals surface area contributed by atoms with Crippen molar-refractivity contribution in [3.05, 3.63) is 53.6 Å². The molecule has 2 nitrogen and oxygen atoms in total. The number of hydrogen-bond acceptors (Lipinski definition) is 1. The minimum atomic E-state index is -0.727. The minimum absolute atomic E-state index is 0.235. The Labute approximate surface area is 127 Å². The normalized spacial score (nSPS) is 10.4. The van der Waals surface area contributed by atoms with E-state index >= 15 is 0 Å². The highest BCUT2D eigenvalue weighted by Gasteiger charge is 2.00. The molecule has 2 heteroatoms. The van der Waals surface area contributed by atoms with Crippen molar-refractivity contribution in [2.24, 2.45) is 0 Å². The summed E-state index contributed by atoms with van der Waals surface area (Å²) in [7, 11) is 0. The van der Waals surface area contributed by atoms with E-state index in [2.05, 4.69) is 55.5 Å². The molecule has 0 aliphatic carbocycles. The summed E-state index contributed by atoms with van der Waals surface area (Å²) in [6.07, 6.45) is 5.88. The van der Waals surface area contributed by atoms with Crippen LogP contribution in [-0.4, -0.2) is 11.1 Å². The smallest absolute Gasteiger partial charge is 0.303 e. The Kier molecular flexibility index (Phi) is 7.24. The van der Waals surface area contributed by atoms with E-state index in [1.54, 1.807) is 0 Å². The average molecular weight is 284 g/mol. The summed E-state index contributed by atoms with van der Waals surface area (Å²) in [4.78, 5) is 10.4. The van der Waals surface area contributed by atoms with Gasteiger partial charge in [0.05, 0.1) is 0 Å². The quantitative estimate of drug-likeness (QED) is 0.742. The molecule has 0 unspecified atom stereocenters. The second-order valence-electron chi connectivity index (χ2n) is 4.71. The number of unbranched alkanes of at least 4 members (excludes halogenated alkanes) is 1. The highest BCUT2D eigenvalue weighted by atomic mass is 16.4. The number of carbonyl (C=O) groups is 1. The van der Waals surface area contributed by atoms with Gasteiger partial charge in [0.1, 0.15) is 0 Å². The van der Waals surface area contributed by atoms with Crippen LogP contribution in [0.2, 0.25) is 0 Å². The zero-order valence-electron chi connectivity index (χ0n) is 13.1. The van der Waals surface area contributed by atoms with Gasteiger partial charge in [-0.25, -0.2) is 0 Å². The number of carboxylic acid groups (broad SMARTS) is 1. The van der Waals surface area contributed by atoms with E-state index in [-0.39, 0.29) is 6.42 Å². The van der Waals surface area contributed by atoms with Crippen molar-refractivity contribution in [1.82, 2.24) is 0 Å². The highest BCUT2D eigenvalue weighted by molar-refractivity contribution is 5.93. The van der Waals surface area contributed by atoms with Gasteiger partial charge in [0.25, 0.3) is 0 Å². The zero-order valence-corrected chi connectivity index (χ0v) is 13.1. The third kappa shape index (κ3) is 5.07. The van der Waals surface area contributed by atoms with Crippen LogP contribution in [-0.2, 0) is 4.79 Å². The molecule has 0 amide bonds. The first-order valence-corrected chi connectivity index (χ1v) is 7.55. The average Bonchev–Trinajstić information content (AvgIpc) is 2.49. The standard InChI is InChI=1S/C17H18O2.C2H6/c1-13-7-5-9-15-11-6-10-14(17(13)15)8-3-2-4-12-16(18)19;1-2/h3,5-11H,2,4,12H2,1H3,(H,18,19);1-2H3/b8-3+;. The van der Waals surface area contributed by atoms with Crippen LogP contribution >= 0.6 is 0 Å². The van der Waals surface area contributed by atoms with Crippen LogP contribution in [0.5, 0.6) is 0 Å². The Bertz CT molecular complexity index is 607. The molecule has 0 aromatic heterocycles. The summed E-state index contributed by atoms with van der Waals surface area (Å²) >= 11 is 0. The first kappa shape index (κ1) is 17.0. The van der Waals surface area contributed by atoms with Gasteiger partial charge in [0.2, 0.25) is 0 Å². The second-order valence-corrected chi connectivity index (χ2v) is 4.71. The Morgan fingerprint density at radius 3 is 2.48 bits per heavy atom.